The molecule has 1 aromatic heterocycles. The average molecular weight is 358 g/mol. The van der Waals surface area contributed by atoms with Gasteiger partial charge in [0.2, 0.25) is 0 Å². The van der Waals surface area contributed by atoms with Gasteiger partial charge in [0.05, 0.1) is 17.7 Å². The molecule has 1 aliphatic rings. The van der Waals surface area contributed by atoms with Crippen molar-refractivity contribution in [2.24, 2.45) is 11.7 Å². The third kappa shape index (κ3) is 3.54. The van der Waals surface area contributed by atoms with E-state index in [9.17, 15) is 9.59 Å². The van der Waals surface area contributed by atoms with Gasteiger partial charge in [-0.15, -0.1) is 11.3 Å². The molecule has 0 bridgehead atoms. The van der Waals surface area contributed by atoms with Crippen LogP contribution in [0.25, 0.3) is 0 Å². The molecule has 1 heterocycles. The Bertz CT molecular complexity index is 813. The van der Waals surface area contributed by atoms with Crippen molar-refractivity contribution in [1.82, 2.24) is 0 Å². The molecule has 1 aliphatic carbocycles. The van der Waals surface area contributed by atoms with Crippen LogP contribution in [0, 0.1) is 5.92 Å². The van der Waals surface area contributed by atoms with Gasteiger partial charge in [-0.05, 0) is 49.8 Å². The maximum Gasteiger partial charge on any atom is 0.260 e. The number of anilines is 1. The van der Waals surface area contributed by atoms with Crippen LogP contribution in [0.15, 0.2) is 24.3 Å². The SMILES string of the molecule is CCOc1ccccc1C(=O)Nc1sc2c(c1C(N)=O)CC[C@@H](C)C2. The highest BCUT2D eigenvalue weighted by atomic mass is 32.1. The number of nitrogens with one attached hydrogen (secondary N) is 1. The van der Waals surface area contributed by atoms with Crippen LogP contribution in [0.2, 0.25) is 0 Å². The predicted octanol–water partition coefficient (Wildman–Crippen LogP) is 3.62. The third-order valence-electron chi connectivity index (χ3n) is 4.42. The maximum absolute atomic E-state index is 12.7. The minimum absolute atomic E-state index is 0.293. The van der Waals surface area contributed by atoms with Gasteiger partial charge in [0, 0.05) is 4.88 Å². The van der Waals surface area contributed by atoms with Gasteiger partial charge in [-0.25, -0.2) is 0 Å². The van der Waals surface area contributed by atoms with Gasteiger partial charge in [-0.3, -0.25) is 9.59 Å². The lowest BCUT2D eigenvalue weighted by Crippen LogP contribution is -2.19. The number of carbonyl (C=O) groups excluding carboxylic acids is 2. The molecule has 2 amide bonds. The molecule has 0 aliphatic heterocycles. The van der Waals surface area contributed by atoms with E-state index >= 15 is 0 Å². The summed E-state index contributed by atoms with van der Waals surface area (Å²) in [7, 11) is 0. The van der Waals surface area contributed by atoms with E-state index in [-0.39, 0.29) is 5.91 Å². The number of rotatable bonds is 5. The molecule has 132 valence electrons. The summed E-state index contributed by atoms with van der Waals surface area (Å²) in [6, 6.07) is 7.07. The van der Waals surface area contributed by atoms with Crippen molar-refractivity contribution in [3.63, 3.8) is 0 Å². The van der Waals surface area contributed by atoms with E-state index in [1.807, 2.05) is 13.0 Å². The Morgan fingerprint density at radius 3 is 2.84 bits per heavy atom. The summed E-state index contributed by atoms with van der Waals surface area (Å²) >= 11 is 1.46. The molecule has 0 saturated heterocycles. The first-order valence-electron chi connectivity index (χ1n) is 8.48. The molecular formula is C19H22N2O3S. The summed E-state index contributed by atoms with van der Waals surface area (Å²) in [5.41, 5.74) is 7.52. The summed E-state index contributed by atoms with van der Waals surface area (Å²) in [5, 5.41) is 3.42. The molecule has 2 aromatic rings. The molecular weight excluding hydrogens is 336 g/mol. The molecule has 6 heteroatoms. The fourth-order valence-corrected chi connectivity index (χ4v) is 4.62. The number of amides is 2. The van der Waals surface area contributed by atoms with E-state index in [4.69, 9.17) is 10.5 Å². The van der Waals surface area contributed by atoms with Crippen LogP contribution in [0.5, 0.6) is 5.75 Å². The largest absolute Gasteiger partial charge is 0.493 e. The Labute approximate surface area is 151 Å². The topological polar surface area (TPSA) is 81.4 Å². The van der Waals surface area contributed by atoms with E-state index in [1.54, 1.807) is 18.2 Å². The van der Waals surface area contributed by atoms with Crippen molar-refractivity contribution in [1.29, 1.82) is 0 Å². The van der Waals surface area contributed by atoms with Crippen molar-refractivity contribution in [3.8, 4) is 5.75 Å². The lowest BCUT2D eigenvalue weighted by Gasteiger charge is -2.18. The van der Waals surface area contributed by atoms with Crippen LogP contribution in [0.1, 0.15) is 51.4 Å². The van der Waals surface area contributed by atoms with Gasteiger partial charge in [-0.2, -0.15) is 0 Å². The summed E-state index contributed by atoms with van der Waals surface area (Å²) in [5.74, 6) is 0.325. The van der Waals surface area contributed by atoms with Crippen molar-refractivity contribution in [2.45, 2.75) is 33.1 Å². The van der Waals surface area contributed by atoms with E-state index in [1.165, 1.54) is 11.3 Å². The maximum atomic E-state index is 12.7. The Balaban J connectivity index is 1.93. The summed E-state index contributed by atoms with van der Waals surface area (Å²) in [6.45, 7) is 4.54. The van der Waals surface area contributed by atoms with E-state index < -0.39 is 5.91 Å². The normalized spacial score (nSPS) is 16.2. The van der Waals surface area contributed by atoms with Gasteiger partial charge in [0.1, 0.15) is 10.8 Å². The molecule has 1 aromatic carbocycles. The molecule has 0 spiro atoms. The molecule has 5 nitrogen and oxygen atoms in total. The van der Waals surface area contributed by atoms with Crippen LogP contribution in [0.3, 0.4) is 0 Å². The number of carbonyl (C=O) groups is 2. The number of para-hydroxylation sites is 1. The van der Waals surface area contributed by atoms with Crippen LogP contribution >= 0.6 is 11.3 Å². The van der Waals surface area contributed by atoms with E-state index in [0.29, 0.717) is 34.4 Å². The lowest BCUT2D eigenvalue weighted by molar-refractivity contribution is 0.1000. The van der Waals surface area contributed by atoms with Crippen LogP contribution < -0.4 is 15.8 Å². The van der Waals surface area contributed by atoms with Crippen molar-refractivity contribution >= 4 is 28.2 Å². The standard InChI is InChI=1S/C19H22N2O3S/c1-3-24-14-7-5-4-6-12(14)18(23)21-19-16(17(20)22)13-9-8-11(2)10-15(13)25-19/h4-7,11H,3,8-10H2,1-2H3,(H2,20,22)(H,21,23)/t11-/m1/s1. The van der Waals surface area contributed by atoms with E-state index in [0.717, 1.165) is 29.7 Å². The van der Waals surface area contributed by atoms with Gasteiger partial charge in [0.15, 0.2) is 0 Å². The smallest absolute Gasteiger partial charge is 0.260 e. The van der Waals surface area contributed by atoms with E-state index in [2.05, 4.69) is 12.2 Å². The minimum atomic E-state index is -0.486. The summed E-state index contributed by atoms with van der Waals surface area (Å²) in [4.78, 5) is 25.9. The number of thiophene rings is 1. The van der Waals surface area contributed by atoms with Crippen molar-refractivity contribution in [3.05, 3.63) is 45.8 Å². The number of hydrogen-bond donors (Lipinski definition) is 2. The highest BCUT2D eigenvalue weighted by Crippen LogP contribution is 2.39. The van der Waals surface area contributed by atoms with Crippen LogP contribution in [0.4, 0.5) is 5.00 Å². The summed E-state index contributed by atoms with van der Waals surface area (Å²) < 4.78 is 5.52. The second kappa shape index (κ2) is 7.27. The average Bonchev–Trinajstić information content (AvgIpc) is 2.92. The molecule has 0 unspecified atom stereocenters. The van der Waals surface area contributed by atoms with Crippen LogP contribution in [-0.4, -0.2) is 18.4 Å². The molecule has 25 heavy (non-hydrogen) atoms. The fourth-order valence-electron chi connectivity index (χ4n) is 3.21. The number of primary amides is 1. The molecule has 3 rings (SSSR count). The van der Waals surface area contributed by atoms with Gasteiger partial charge in [-0.1, -0.05) is 19.1 Å². The number of ether oxygens (including phenoxy) is 1. The number of hydrogen-bond acceptors (Lipinski definition) is 4. The van der Waals surface area contributed by atoms with Crippen molar-refractivity contribution in [2.75, 3.05) is 11.9 Å². The first-order valence-corrected chi connectivity index (χ1v) is 9.30. The quantitative estimate of drug-likeness (QED) is 0.856. The Morgan fingerprint density at radius 2 is 2.12 bits per heavy atom. The fraction of sp³-hybridized carbons (Fsp3) is 0.368. The second-order valence-electron chi connectivity index (χ2n) is 6.30. The number of fused-ring (bicyclic) bond motifs is 1. The number of benzene rings is 1. The highest BCUT2D eigenvalue weighted by molar-refractivity contribution is 7.17. The number of nitrogens with two attached hydrogens (primary N) is 1. The monoisotopic (exact) mass is 358 g/mol. The third-order valence-corrected chi connectivity index (χ3v) is 5.59. The molecule has 0 saturated carbocycles. The molecule has 0 radical (unpaired) electrons. The Hall–Kier alpha value is -2.34. The first-order chi connectivity index (χ1) is 12.0. The van der Waals surface area contributed by atoms with Crippen LogP contribution in [-0.2, 0) is 12.8 Å². The van der Waals surface area contributed by atoms with Crippen molar-refractivity contribution < 1.29 is 14.3 Å². The molecule has 3 N–H and O–H groups in total. The van der Waals surface area contributed by atoms with Gasteiger partial charge >= 0.3 is 0 Å². The predicted molar refractivity (Wildman–Crippen MR) is 99.6 cm³/mol. The van der Waals surface area contributed by atoms with Gasteiger partial charge < -0.3 is 15.8 Å². The Kier molecular flexibility index (Phi) is 5.08. The zero-order valence-electron chi connectivity index (χ0n) is 14.4. The lowest BCUT2D eigenvalue weighted by atomic mass is 9.88. The zero-order valence-corrected chi connectivity index (χ0v) is 15.2. The highest BCUT2D eigenvalue weighted by Gasteiger charge is 2.27. The Morgan fingerprint density at radius 1 is 1.36 bits per heavy atom. The van der Waals surface area contributed by atoms with Gasteiger partial charge in [0.25, 0.3) is 11.8 Å². The molecule has 1 atom stereocenters. The molecule has 0 fully saturated rings. The summed E-state index contributed by atoms with van der Waals surface area (Å²) in [6.07, 6.45) is 2.78. The zero-order chi connectivity index (χ0) is 18.0. The second-order valence-corrected chi connectivity index (χ2v) is 7.41. The first kappa shape index (κ1) is 17.5. The minimum Gasteiger partial charge on any atom is -0.493 e.